The van der Waals surface area contributed by atoms with Crippen LogP contribution < -0.4 is 10.2 Å². The fourth-order valence-electron chi connectivity index (χ4n) is 4.92. The van der Waals surface area contributed by atoms with Crippen molar-refractivity contribution in [3.8, 4) is 0 Å². The number of carbonyl (C=O) groups is 1. The Balaban J connectivity index is 1.22. The molecule has 0 aromatic carbocycles. The van der Waals surface area contributed by atoms with Crippen LogP contribution in [0.3, 0.4) is 0 Å². The summed E-state index contributed by atoms with van der Waals surface area (Å²) in [6.45, 7) is 11.6. The molecule has 8 heteroatoms. The van der Waals surface area contributed by atoms with Crippen molar-refractivity contribution in [2.45, 2.75) is 58.5 Å². The van der Waals surface area contributed by atoms with E-state index in [0.29, 0.717) is 12.0 Å². The number of fused-ring (bicyclic) bond motifs is 1. The van der Waals surface area contributed by atoms with E-state index in [0.717, 1.165) is 67.7 Å². The molecule has 3 heterocycles. The first kappa shape index (κ1) is 22.3. The van der Waals surface area contributed by atoms with E-state index in [1.165, 1.54) is 19.3 Å². The van der Waals surface area contributed by atoms with Crippen molar-refractivity contribution in [2.75, 3.05) is 44.2 Å². The highest BCUT2D eigenvalue weighted by atomic mass is 35.5. The molecule has 1 aromatic heterocycles. The van der Waals surface area contributed by atoms with Gasteiger partial charge in [-0.3, -0.25) is 0 Å². The second-order valence-electron chi connectivity index (χ2n) is 10.1. The number of allylic oxidation sites excluding steroid dienone is 1. The van der Waals surface area contributed by atoms with Gasteiger partial charge in [0.25, 0.3) is 0 Å². The van der Waals surface area contributed by atoms with Crippen LogP contribution in [-0.4, -0.2) is 65.8 Å². The van der Waals surface area contributed by atoms with Gasteiger partial charge < -0.3 is 19.9 Å². The van der Waals surface area contributed by atoms with Gasteiger partial charge in [-0.25, -0.2) is 14.8 Å². The van der Waals surface area contributed by atoms with Gasteiger partial charge in [0.1, 0.15) is 17.7 Å². The quantitative estimate of drug-likeness (QED) is 0.692. The number of anilines is 1. The molecular weight excluding hydrogens is 414 g/mol. The number of rotatable bonds is 5. The lowest BCUT2D eigenvalue weighted by Gasteiger charge is -2.39. The van der Waals surface area contributed by atoms with Gasteiger partial charge >= 0.3 is 6.09 Å². The van der Waals surface area contributed by atoms with Crippen LogP contribution in [0.5, 0.6) is 0 Å². The molecule has 1 spiro atoms. The third-order valence-electron chi connectivity index (χ3n) is 6.59. The van der Waals surface area contributed by atoms with E-state index in [1.54, 1.807) is 6.33 Å². The maximum absolute atomic E-state index is 11.7. The molecule has 4 rings (SSSR count). The first-order valence-electron chi connectivity index (χ1n) is 11.4. The number of amides is 1. The Morgan fingerprint density at radius 1 is 1.23 bits per heavy atom. The third kappa shape index (κ3) is 5.32. The Kier molecular flexibility index (Phi) is 6.44. The molecule has 1 aromatic rings. The molecule has 170 valence electrons. The number of ether oxygens (including phenoxy) is 1. The fraction of sp³-hybridized carbons (Fsp3) is 0.696. The Labute approximate surface area is 190 Å². The van der Waals surface area contributed by atoms with Crippen molar-refractivity contribution >= 4 is 28.5 Å². The maximum Gasteiger partial charge on any atom is 0.407 e. The van der Waals surface area contributed by atoms with E-state index >= 15 is 0 Å². The molecule has 2 aliphatic heterocycles. The van der Waals surface area contributed by atoms with Crippen molar-refractivity contribution in [1.29, 1.82) is 0 Å². The predicted molar refractivity (Wildman–Crippen MR) is 123 cm³/mol. The SMILES string of the molecule is CC(C)(C)OC(=O)NCCCN1CCC2(CC1)CCN(c1ncnc3c1C(Cl)=CC3)C2. The zero-order valence-electron chi connectivity index (χ0n) is 18.9. The number of nitrogens with zero attached hydrogens (tertiary/aromatic N) is 4. The number of nitrogens with one attached hydrogen (secondary N) is 1. The van der Waals surface area contributed by atoms with Crippen LogP contribution in [0.15, 0.2) is 12.4 Å². The zero-order valence-corrected chi connectivity index (χ0v) is 19.7. The minimum Gasteiger partial charge on any atom is -0.444 e. The molecule has 0 unspecified atom stereocenters. The van der Waals surface area contributed by atoms with Gasteiger partial charge in [-0.2, -0.15) is 0 Å². The van der Waals surface area contributed by atoms with Crippen molar-refractivity contribution < 1.29 is 9.53 Å². The highest BCUT2D eigenvalue weighted by molar-refractivity contribution is 6.49. The number of alkyl carbamates (subject to hydrolysis) is 1. The van der Waals surface area contributed by atoms with Gasteiger partial charge in [-0.15, -0.1) is 0 Å². The summed E-state index contributed by atoms with van der Waals surface area (Å²) < 4.78 is 5.28. The van der Waals surface area contributed by atoms with Crippen molar-refractivity contribution in [3.63, 3.8) is 0 Å². The van der Waals surface area contributed by atoms with Gasteiger partial charge in [0, 0.05) is 31.1 Å². The van der Waals surface area contributed by atoms with E-state index in [2.05, 4.69) is 25.1 Å². The number of carbonyl (C=O) groups excluding carboxylic acids is 1. The first-order valence-corrected chi connectivity index (χ1v) is 11.8. The van der Waals surface area contributed by atoms with Gasteiger partial charge in [0.2, 0.25) is 0 Å². The average Bonchev–Trinajstić information content (AvgIpc) is 3.30. The minimum absolute atomic E-state index is 0.331. The smallest absolute Gasteiger partial charge is 0.407 e. The van der Waals surface area contributed by atoms with Crippen LogP contribution in [0.1, 0.15) is 57.7 Å². The molecule has 3 aliphatic rings. The minimum atomic E-state index is -0.450. The number of likely N-dealkylation sites (tertiary alicyclic amines) is 1. The highest BCUT2D eigenvalue weighted by Crippen LogP contribution is 2.44. The summed E-state index contributed by atoms with van der Waals surface area (Å²) in [5.41, 5.74) is 2.01. The van der Waals surface area contributed by atoms with E-state index < -0.39 is 5.60 Å². The summed E-state index contributed by atoms with van der Waals surface area (Å²) in [5, 5.41) is 3.65. The maximum atomic E-state index is 11.7. The molecule has 0 bridgehead atoms. The standard InChI is InChI=1S/C23H34ClN5O2/c1-22(2,3)31-21(30)25-10-4-11-28-12-7-23(8-13-28)9-14-29(15-23)20-19-17(24)5-6-18(19)26-16-27-20/h5,16H,4,6-15H2,1-3H3,(H,25,30). The zero-order chi connectivity index (χ0) is 22.1. The molecule has 7 nitrogen and oxygen atoms in total. The van der Waals surface area contributed by atoms with E-state index in [-0.39, 0.29) is 6.09 Å². The predicted octanol–water partition coefficient (Wildman–Crippen LogP) is 3.82. The number of hydrogen-bond acceptors (Lipinski definition) is 6. The van der Waals surface area contributed by atoms with Crippen LogP contribution >= 0.6 is 11.6 Å². The van der Waals surface area contributed by atoms with Crippen LogP contribution in [0.2, 0.25) is 0 Å². The summed E-state index contributed by atoms with van der Waals surface area (Å²) in [6.07, 6.45) is 8.75. The topological polar surface area (TPSA) is 70.6 Å². The van der Waals surface area contributed by atoms with Crippen LogP contribution in [0.25, 0.3) is 5.03 Å². The number of hydrogen-bond donors (Lipinski definition) is 1. The van der Waals surface area contributed by atoms with E-state index in [4.69, 9.17) is 16.3 Å². The lowest BCUT2D eigenvalue weighted by Crippen LogP contribution is -2.42. The van der Waals surface area contributed by atoms with E-state index in [1.807, 2.05) is 26.8 Å². The molecule has 0 radical (unpaired) electrons. The third-order valence-corrected chi connectivity index (χ3v) is 6.94. The molecule has 2 fully saturated rings. The lowest BCUT2D eigenvalue weighted by atomic mass is 9.78. The molecular formula is C23H34ClN5O2. The summed E-state index contributed by atoms with van der Waals surface area (Å²) >= 11 is 6.45. The Bertz CT molecular complexity index is 843. The monoisotopic (exact) mass is 447 g/mol. The van der Waals surface area contributed by atoms with Gasteiger partial charge in [0.15, 0.2) is 0 Å². The largest absolute Gasteiger partial charge is 0.444 e. The number of aromatic nitrogens is 2. The van der Waals surface area contributed by atoms with Crippen LogP contribution in [-0.2, 0) is 11.2 Å². The van der Waals surface area contributed by atoms with Crippen molar-refractivity contribution in [2.24, 2.45) is 5.41 Å². The molecule has 1 N–H and O–H groups in total. The summed E-state index contributed by atoms with van der Waals surface area (Å²) in [4.78, 5) is 25.7. The fourth-order valence-corrected chi connectivity index (χ4v) is 5.19. The second kappa shape index (κ2) is 8.94. The summed E-state index contributed by atoms with van der Waals surface area (Å²) in [7, 11) is 0. The van der Waals surface area contributed by atoms with Gasteiger partial charge in [0.05, 0.1) is 11.3 Å². The van der Waals surface area contributed by atoms with Crippen LogP contribution in [0, 0.1) is 5.41 Å². The van der Waals surface area contributed by atoms with Crippen molar-refractivity contribution in [3.05, 3.63) is 23.7 Å². The van der Waals surface area contributed by atoms with Gasteiger partial charge in [-0.1, -0.05) is 17.7 Å². The molecule has 1 aliphatic carbocycles. The first-order chi connectivity index (χ1) is 14.7. The molecule has 0 saturated carbocycles. The number of piperidine rings is 1. The Morgan fingerprint density at radius 3 is 2.71 bits per heavy atom. The summed E-state index contributed by atoms with van der Waals surface area (Å²) in [6, 6.07) is 0. The van der Waals surface area contributed by atoms with Gasteiger partial charge in [-0.05, 0) is 71.5 Å². The van der Waals surface area contributed by atoms with Crippen LogP contribution in [0.4, 0.5) is 10.6 Å². The molecule has 31 heavy (non-hydrogen) atoms. The Hall–Kier alpha value is -1.86. The summed E-state index contributed by atoms with van der Waals surface area (Å²) in [5.74, 6) is 1.01. The van der Waals surface area contributed by atoms with E-state index in [9.17, 15) is 4.79 Å². The van der Waals surface area contributed by atoms with Crippen molar-refractivity contribution in [1.82, 2.24) is 20.2 Å². The highest BCUT2D eigenvalue weighted by Gasteiger charge is 2.41. The Morgan fingerprint density at radius 2 is 1.97 bits per heavy atom. The normalized spacial score (nSPS) is 20.6. The molecule has 2 saturated heterocycles. The lowest BCUT2D eigenvalue weighted by molar-refractivity contribution is 0.0523. The number of halogens is 1. The molecule has 1 amide bonds. The average molecular weight is 448 g/mol. The second-order valence-corrected chi connectivity index (χ2v) is 10.5. The molecule has 0 atom stereocenters.